The van der Waals surface area contributed by atoms with Gasteiger partial charge in [0.1, 0.15) is 0 Å². The van der Waals surface area contributed by atoms with E-state index in [9.17, 15) is 9.59 Å². The van der Waals surface area contributed by atoms with Crippen molar-refractivity contribution >= 4 is 12.1 Å². The second-order valence-corrected chi connectivity index (χ2v) is 16.0. The second kappa shape index (κ2) is 13.2. The summed E-state index contributed by atoms with van der Waals surface area (Å²) in [4.78, 5) is 24.8. The Kier molecular flexibility index (Phi) is 9.59. The molecule has 0 aromatic rings. The van der Waals surface area contributed by atoms with Crippen LogP contribution >= 0.6 is 0 Å². The van der Waals surface area contributed by atoms with Gasteiger partial charge in [0.25, 0.3) is 0 Å². The van der Waals surface area contributed by atoms with Crippen LogP contribution in [0.15, 0.2) is 0 Å². The van der Waals surface area contributed by atoms with Gasteiger partial charge in [-0.05, 0) is 139 Å². The number of carbonyl (C=O) groups is 2. The molecule has 8 aliphatic rings. The molecule has 4 amide bonds. The molecule has 8 rings (SSSR count). The van der Waals surface area contributed by atoms with Crippen molar-refractivity contribution in [3.63, 3.8) is 0 Å². The van der Waals surface area contributed by atoms with Gasteiger partial charge in [0.2, 0.25) is 0 Å². The lowest BCUT2D eigenvalue weighted by atomic mass is 9.53. The van der Waals surface area contributed by atoms with Crippen molar-refractivity contribution in [1.29, 1.82) is 0 Å². The molecule has 8 nitrogen and oxygen atoms in total. The fraction of sp³-hybridized carbons (Fsp3) is 0.941. The molecule has 6 N–H and O–H groups in total. The van der Waals surface area contributed by atoms with Crippen LogP contribution in [0.2, 0.25) is 0 Å². The van der Waals surface area contributed by atoms with Crippen molar-refractivity contribution in [2.45, 2.75) is 153 Å². The summed E-state index contributed by atoms with van der Waals surface area (Å²) < 4.78 is 0. The fourth-order valence-corrected chi connectivity index (χ4v) is 11.4. The lowest BCUT2D eigenvalue weighted by Crippen LogP contribution is -2.63. The summed E-state index contributed by atoms with van der Waals surface area (Å²) in [5.41, 5.74) is 0.536. The summed E-state index contributed by atoms with van der Waals surface area (Å²) in [7, 11) is 0. The topological polar surface area (TPSA) is 106 Å². The van der Waals surface area contributed by atoms with Crippen molar-refractivity contribution in [3.05, 3.63) is 0 Å². The second-order valence-electron chi connectivity index (χ2n) is 16.0. The van der Waals surface area contributed by atoms with Crippen LogP contribution in [0.1, 0.15) is 129 Å². The average molecular weight is 585 g/mol. The molecular weight excluding hydrogens is 524 g/mol. The SMILES string of the molecule is CC(NC(=O)NCCCCCCCCNC(=O)NC(C)NC12CC3CC(CC(C3)C1)C2)NC12CC3CC(CC(C3)C1)C2. The molecule has 0 aromatic heterocycles. The van der Waals surface area contributed by atoms with Gasteiger partial charge in [0.05, 0.1) is 12.3 Å². The molecule has 0 aliphatic heterocycles. The third-order valence-electron chi connectivity index (χ3n) is 12.0. The first-order chi connectivity index (χ1) is 20.3. The highest BCUT2D eigenvalue weighted by Crippen LogP contribution is 2.56. The van der Waals surface area contributed by atoms with Crippen LogP contribution in [0.4, 0.5) is 9.59 Å². The van der Waals surface area contributed by atoms with E-state index in [4.69, 9.17) is 0 Å². The predicted molar refractivity (Wildman–Crippen MR) is 168 cm³/mol. The molecule has 0 aromatic carbocycles. The number of rotatable bonds is 15. The minimum Gasteiger partial charge on any atom is -0.338 e. The number of hydrogen-bond acceptors (Lipinski definition) is 4. The molecule has 8 fully saturated rings. The maximum atomic E-state index is 12.4. The van der Waals surface area contributed by atoms with Crippen molar-refractivity contribution in [1.82, 2.24) is 31.9 Å². The van der Waals surface area contributed by atoms with Crippen LogP contribution in [0.25, 0.3) is 0 Å². The smallest absolute Gasteiger partial charge is 0.316 e. The first-order valence-electron chi connectivity index (χ1n) is 17.9. The molecule has 8 aliphatic carbocycles. The van der Waals surface area contributed by atoms with E-state index in [1.165, 1.54) is 89.9 Å². The van der Waals surface area contributed by atoms with E-state index < -0.39 is 0 Å². The maximum absolute atomic E-state index is 12.4. The molecule has 8 heteroatoms. The van der Waals surface area contributed by atoms with E-state index in [0.717, 1.165) is 74.3 Å². The number of nitrogens with one attached hydrogen (secondary N) is 6. The molecule has 42 heavy (non-hydrogen) atoms. The van der Waals surface area contributed by atoms with Crippen LogP contribution in [0.5, 0.6) is 0 Å². The number of urea groups is 2. The average Bonchev–Trinajstić information content (AvgIpc) is 2.87. The van der Waals surface area contributed by atoms with Gasteiger partial charge in [-0.3, -0.25) is 10.6 Å². The minimum atomic E-state index is -0.0495. The molecule has 8 bridgehead atoms. The van der Waals surface area contributed by atoms with Crippen LogP contribution in [0.3, 0.4) is 0 Å². The van der Waals surface area contributed by atoms with Gasteiger partial charge in [0.15, 0.2) is 0 Å². The van der Waals surface area contributed by atoms with E-state index in [2.05, 4.69) is 45.7 Å². The molecular formula is C34H60N6O2. The zero-order valence-corrected chi connectivity index (χ0v) is 26.6. The standard InChI is InChI=1S/C34H60N6O2/c1-23(39-33-17-25-11-26(18-33)13-27(12-25)19-33)37-31(41)35-9-7-5-3-4-6-8-10-36-32(42)38-24(2)40-34-20-28-14-29(21-34)16-30(15-28)22-34/h23-30,39-40H,3-22H2,1-2H3,(H2,35,37,41)(H2,36,38,42). The van der Waals surface area contributed by atoms with Crippen LogP contribution in [-0.2, 0) is 0 Å². The van der Waals surface area contributed by atoms with E-state index >= 15 is 0 Å². The first kappa shape index (κ1) is 30.5. The Balaban J connectivity index is 0.744. The zero-order chi connectivity index (χ0) is 29.2. The van der Waals surface area contributed by atoms with E-state index in [-0.39, 0.29) is 35.5 Å². The fourth-order valence-electron chi connectivity index (χ4n) is 11.4. The highest BCUT2D eigenvalue weighted by molar-refractivity contribution is 5.74. The van der Waals surface area contributed by atoms with Gasteiger partial charge in [0, 0.05) is 24.2 Å². The summed E-state index contributed by atoms with van der Waals surface area (Å²) in [6.45, 7) is 5.65. The highest BCUT2D eigenvalue weighted by Gasteiger charge is 2.52. The van der Waals surface area contributed by atoms with E-state index in [1.54, 1.807) is 0 Å². The largest absolute Gasteiger partial charge is 0.338 e. The van der Waals surface area contributed by atoms with Crippen molar-refractivity contribution < 1.29 is 9.59 Å². The highest BCUT2D eigenvalue weighted by atomic mass is 16.2. The summed E-state index contributed by atoms with van der Waals surface area (Å²) in [5, 5.41) is 20.0. The van der Waals surface area contributed by atoms with Gasteiger partial charge in [-0.15, -0.1) is 0 Å². The lowest BCUT2D eigenvalue weighted by molar-refractivity contribution is -0.0256. The Morgan fingerprint density at radius 1 is 0.524 bits per heavy atom. The summed E-state index contributed by atoms with van der Waals surface area (Å²) >= 11 is 0. The zero-order valence-electron chi connectivity index (χ0n) is 26.6. The number of hydrogen-bond donors (Lipinski definition) is 6. The Morgan fingerprint density at radius 2 is 0.810 bits per heavy atom. The van der Waals surface area contributed by atoms with Crippen LogP contribution < -0.4 is 31.9 Å². The first-order valence-corrected chi connectivity index (χ1v) is 17.9. The van der Waals surface area contributed by atoms with Gasteiger partial charge in [-0.1, -0.05) is 25.7 Å². The van der Waals surface area contributed by atoms with Crippen molar-refractivity contribution in [2.24, 2.45) is 35.5 Å². The van der Waals surface area contributed by atoms with Crippen LogP contribution in [0, 0.1) is 35.5 Å². The molecule has 8 saturated carbocycles. The van der Waals surface area contributed by atoms with E-state index in [1.807, 2.05) is 0 Å². The maximum Gasteiger partial charge on any atom is 0.316 e. The Morgan fingerprint density at radius 3 is 1.12 bits per heavy atom. The van der Waals surface area contributed by atoms with Gasteiger partial charge in [-0.2, -0.15) is 0 Å². The van der Waals surface area contributed by atoms with Gasteiger partial charge in [-0.25, -0.2) is 9.59 Å². The number of carbonyl (C=O) groups excluding carboxylic acids is 2. The van der Waals surface area contributed by atoms with Gasteiger partial charge < -0.3 is 21.3 Å². The Labute approximate surface area is 254 Å². The molecule has 0 saturated heterocycles. The molecule has 0 spiro atoms. The summed E-state index contributed by atoms with van der Waals surface area (Å²) in [6, 6.07) is -0.0990. The quantitative estimate of drug-likeness (QED) is 0.109. The third-order valence-corrected chi connectivity index (χ3v) is 12.0. The minimum absolute atomic E-state index is 0.0122. The van der Waals surface area contributed by atoms with Crippen LogP contribution in [-0.4, -0.2) is 48.6 Å². The molecule has 238 valence electrons. The Hall–Kier alpha value is -1.54. The molecule has 0 radical (unpaired) electrons. The molecule has 0 heterocycles. The summed E-state index contributed by atoms with van der Waals surface area (Å²) in [6.07, 6.45) is 23.1. The summed E-state index contributed by atoms with van der Waals surface area (Å²) in [5.74, 6) is 5.46. The van der Waals surface area contributed by atoms with Crippen molar-refractivity contribution in [2.75, 3.05) is 13.1 Å². The predicted octanol–water partition coefficient (Wildman–Crippen LogP) is 5.73. The lowest BCUT2D eigenvalue weighted by Gasteiger charge is -2.57. The monoisotopic (exact) mass is 584 g/mol. The van der Waals surface area contributed by atoms with E-state index in [0.29, 0.717) is 0 Å². The number of unbranched alkanes of at least 4 members (excludes halogenated alkanes) is 5. The number of amides is 4. The van der Waals surface area contributed by atoms with Gasteiger partial charge >= 0.3 is 12.1 Å². The van der Waals surface area contributed by atoms with Crippen molar-refractivity contribution in [3.8, 4) is 0 Å². The molecule has 2 unspecified atom stereocenters. The third kappa shape index (κ3) is 7.75. The normalized spacial score (nSPS) is 38.7. The molecule has 2 atom stereocenters. The Bertz CT molecular complexity index is 794.